The third-order valence-electron chi connectivity index (χ3n) is 2.21. The Hall–Kier alpha value is 0.440. The van der Waals surface area contributed by atoms with Crippen LogP contribution in [0, 0.1) is 11.3 Å². The number of halogens is 1. The fourth-order valence-corrected chi connectivity index (χ4v) is 3.41. The predicted octanol–water partition coefficient (Wildman–Crippen LogP) is 3.43. The molecule has 5 heteroatoms. The summed E-state index contributed by atoms with van der Waals surface area (Å²) in [6.45, 7) is 5.17. The fraction of sp³-hybridized carbons (Fsp3) is 1.00. The molecule has 0 aromatic heterocycles. The van der Waals surface area contributed by atoms with Gasteiger partial charge in [-0.25, -0.2) is 4.57 Å². The monoisotopic (exact) mass is 226 g/mol. The number of hydrogen-bond donors (Lipinski definition) is 0. The zero-order valence-corrected chi connectivity index (χ0v) is 10.1. The topological polar surface area (TPSA) is 35.5 Å². The van der Waals surface area contributed by atoms with Gasteiger partial charge in [-0.2, -0.15) is 0 Å². The first-order valence-corrected chi connectivity index (χ1v) is 6.82. The molecule has 0 aliphatic carbocycles. The lowest BCUT2D eigenvalue weighted by molar-refractivity contribution is -0.0422. The van der Waals surface area contributed by atoms with Gasteiger partial charge in [-0.1, -0.05) is 27.7 Å². The molecule has 1 fully saturated rings. The van der Waals surface area contributed by atoms with Crippen molar-refractivity contribution in [2.45, 2.75) is 33.8 Å². The molecule has 0 aromatic carbocycles. The summed E-state index contributed by atoms with van der Waals surface area (Å²) < 4.78 is 21.6. The summed E-state index contributed by atoms with van der Waals surface area (Å²) in [5.41, 5.74) is -0.128. The standard InChI is InChI=1S/C8H16ClO3P/c1-6(2)7-8(3,4)5-11-13(9,10)12-7/h6-7H,5H2,1-4H3. The normalized spacial score (nSPS) is 39.4. The Balaban J connectivity index is 2.82. The highest BCUT2D eigenvalue weighted by atomic mass is 35.7. The smallest absolute Gasteiger partial charge is 0.296 e. The van der Waals surface area contributed by atoms with Crippen LogP contribution in [-0.4, -0.2) is 12.7 Å². The van der Waals surface area contributed by atoms with E-state index in [2.05, 4.69) is 0 Å². The highest BCUT2D eigenvalue weighted by Gasteiger charge is 2.44. The van der Waals surface area contributed by atoms with E-state index in [1.807, 2.05) is 27.7 Å². The number of hydrogen-bond acceptors (Lipinski definition) is 3. The Kier molecular flexibility index (Phi) is 3.14. The molecule has 0 radical (unpaired) electrons. The summed E-state index contributed by atoms with van der Waals surface area (Å²) in [7, 11) is 0. The van der Waals surface area contributed by atoms with Crippen molar-refractivity contribution in [3.05, 3.63) is 0 Å². The third kappa shape index (κ3) is 2.69. The Morgan fingerprint density at radius 2 is 2.08 bits per heavy atom. The predicted molar refractivity (Wildman–Crippen MR) is 52.9 cm³/mol. The van der Waals surface area contributed by atoms with Crippen LogP contribution < -0.4 is 0 Å². The molecule has 1 aliphatic heterocycles. The second-order valence-electron chi connectivity index (χ2n) is 4.46. The molecule has 0 saturated carbocycles. The maximum atomic E-state index is 11.4. The highest BCUT2D eigenvalue weighted by Crippen LogP contribution is 2.61. The van der Waals surface area contributed by atoms with Gasteiger partial charge in [0.25, 0.3) is 0 Å². The SMILES string of the molecule is CC(C)C1OP(=O)(Cl)OCC1(C)C. The molecular formula is C8H16ClO3P. The largest absolute Gasteiger partial charge is 0.424 e. The maximum Gasteiger partial charge on any atom is 0.424 e. The molecule has 0 bridgehead atoms. The summed E-state index contributed by atoms with van der Waals surface area (Å²) in [6.07, 6.45) is -0.107. The van der Waals surface area contributed by atoms with Crippen LogP contribution in [0.1, 0.15) is 27.7 Å². The van der Waals surface area contributed by atoms with Gasteiger partial charge in [0.1, 0.15) is 0 Å². The molecule has 13 heavy (non-hydrogen) atoms. The van der Waals surface area contributed by atoms with Crippen molar-refractivity contribution in [2.24, 2.45) is 11.3 Å². The Morgan fingerprint density at radius 3 is 2.46 bits per heavy atom. The molecule has 1 aliphatic rings. The van der Waals surface area contributed by atoms with Crippen LogP contribution in [-0.2, 0) is 13.6 Å². The first-order chi connectivity index (χ1) is 5.75. The Morgan fingerprint density at radius 1 is 1.54 bits per heavy atom. The molecule has 0 N–H and O–H groups in total. The molecule has 2 atom stereocenters. The van der Waals surface area contributed by atoms with Crippen LogP contribution >= 0.6 is 18.2 Å². The summed E-state index contributed by atoms with van der Waals surface area (Å²) in [5, 5.41) is 0. The van der Waals surface area contributed by atoms with Crippen LogP contribution in [0.15, 0.2) is 0 Å². The quantitative estimate of drug-likeness (QED) is 0.643. The maximum absolute atomic E-state index is 11.4. The average molecular weight is 227 g/mol. The van der Waals surface area contributed by atoms with E-state index in [9.17, 15) is 4.57 Å². The third-order valence-corrected chi connectivity index (χ3v) is 3.65. The van der Waals surface area contributed by atoms with Crippen LogP contribution in [0.3, 0.4) is 0 Å². The first kappa shape index (κ1) is 11.5. The van der Waals surface area contributed by atoms with Crippen molar-refractivity contribution in [1.82, 2.24) is 0 Å². The second-order valence-corrected chi connectivity index (χ2v) is 7.04. The van der Waals surface area contributed by atoms with Crippen molar-refractivity contribution in [3.63, 3.8) is 0 Å². The molecule has 3 nitrogen and oxygen atoms in total. The molecule has 2 unspecified atom stereocenters. The minimum absolute atomic E-state index is 0.107. The molecule has 0 spiro atoms. The van der Waals surface area contributed by atoms with Gasteiger partial charge in [0.2, 0.25) is 0 Å². The van der Waals surface area contributed by atoms with Crippen molar-refractivity contribution >= 4 is 18.2 Å². The molecule has 1 heterocycles. The minimum Gasteiger partial charge on any atom is -0.296 e. The first-order valence-electron chi connectivity index (χ1n) is 4.37. The van der Waals surface area contributed by atoms with Crippen LogP contribution in [0.25, 0.3) is 0 Å². The minimum atomic E-state index is -3.30. The van der Waals surface area contributed by atoms with Crippen molar-refractivity contribution < 1.29 is 13.6 Å². The summed E-state index contributed by atoms with van der Waals surface area (Å²) in [4.78, 5) is 0. The molecule has 1 saturated heterocycles. The Labute approximate surface area is 84.1 Å². The van der Waals surface area contributed by atoms with Gasteiger partial charge in [0.15, 0.2) is 0 Å². The molecular weight excluding hydrogens is 211 g/mol. The van der Waals surface area contributed by atoms with Crippen molar-refractivity contribution in [3.8, 4) is 0 Å². The van der Waals surface area contributed by atoms with Crippen LogP contribution in [0.4, 0.5) is 0 Å². The zero-order valence-electron chi connectivity index (χ0n) is 8.41. The molecule has 0 aromatic rings. The fourth-order valence-electron chi connectivity index (χ4n) is 1.66. The molecule has 1 rings (SSSR count). The van der Waals surface area contributed by atoms with Crippen LogP contribution in [0.5, 0.6) is 0 Å². The molecule has 78 valence electrons. The summed E-state index contributed by atoms with van der Waals surface area (Å²) in [6, 6.07) is 0. The summed E-state index contributed by atoms with van der Waals surface area (Å²) >= 11 is 5.55. The average Bonchev–Trinajstić information content (AvgIpc) is 1.95. The summed E-state index contributed by atoms with van der Waals surface area (Å²) in [5.74, 6) is 0.283. The van der Waals surface area contributed by atoms with Gasteiger partial charge in [0, 0.05) is 16.7 Å². The van der Waals surface area contributed by atoms with Gasteiger partial charge in [-0.3, -0.25) is 9.05 Å². The van der Waals surface area contributed by atoms with E-state index in [1.54, 1.807) is 0 Å². The van der Waals surface area contributed by atoms with Crippen LogP contribution in [0.2, 0.25) is 0 Å². The van der Waals surface area contributed by atoms with E-state index >= 15 is 0 Å². The van der Waals surface area contributed by atoms with E-state index in [0.29, 0.717) is 6.61 Å². The van der Waals surface area contributed by atoms with E-state index in [4.69, 9.17) is 20.3 Å². The van der Waals surface area contributed by atoms with Gasteiger partial charge in [-0.05, 0) is 5.92 Å². The highest BCUT2D eigenvalue weighted by molar-refractivity contribution is 7.81. The number of rotatable bonds is 1. The second kappa shape index (κ2) is 3.54. The van der Waals surface area contributed by atoms with E-state index in [0.717, 1.165) is 0 Å². The van der Waals surface area contributed by atoms with Crippen molar-refractivity contribution in [1.29, 1.82) is 0 Å². The van der Waals surface area contributed by atoms with E-state index in [-0.39, 0.29) is 17.4 Å². The van der Waals surface area contributed by atoms with Gasteiger partial charge >= 0.3 is 6.95 Å². The molecule has 0 amide bonds. The zero-order chi connectivity index (χ0) is 10.3. The van der Waals surface area contributed by atoms with Gasteiger partial charge < -0.3 is 0 Å². The van der Waals surface area contributed by atoms with Gasteiger partial charge in [-0.15, -0.1) is 0 Å². The van der Waals surface area contributed by atoms with E-state index in [1.165, 1.54) is 0 Å². The lowest BCUT2D eigenvalue weighted by atomic mass is 9.81. The lowest BCUT2D eigenvalue weighted by Gasteiger charge is -2.41. The van der Waals surface area contributed by atoms with E-state index < -0.39 is 6.95 Å². The van der Waals surface area contributed by atoms with Crippen molar-refractivity contribution in [2.75, 3.05) is 6.61 Å². The van der Waals surface area contributed by atoms with Gasteiger partial charge in [0.05, 0.1) is 12.7 Å². The Bertz CT molecular complexity index is 240. The lowest BCUT2D eigenvalue weighted by Crippen LogP contribution is -2.41.